The third kappa shape index (κ3) is 2.57. The Labute approximate surface area is 147 Å². The number of hydrogen-bond donors (Lipinski definition) is 0. The average Bonchev–Trinajstić information content (AvgIpc) is 3.12. The summed E-state index contributed by atoms with van der Waals surface area (Å²) in [6.07, 6.45) is 2.17. The lowest BCUT2D eigenvalue weighted by Crippen LogP contribution is -2.46. The highest BCUT2D eigenvalue weighted by molar-refractivity contribution is 8.00. The maximum Gasteiger partial charge on any atom is 0.320 e. The normalized spacial score (nSPS) is 36.5. The van der Waals surface area contributed by atoms with E-state index in [1.165, 1.54) is 11.1 Å². The van der Waals surface area contributed by atoms with Crippen molar-refractivity contribution in [3.05, 3.63) is 35.4 Å². The number of methoxy groups -OCH3 is 1. The van der Waals surface area contributed by atoms with Crippen molar-refractivity contribution >= 4 is 17.7 Å². The molecular weight excluding hydrogens is 322 g/mol. The van der Waals surface area contributed by atoms with E-state index in [0.29, 0.717) is 28.9 Å². The minimum absolute atomic E-state index is 0.0182. The fraction of sp³-hybridized carbons (Fsp3) is 0.632. The van der Waals surface area contributed by atoms with E-state index in [1.807, 2.05) is 37.9 Å². The molecule has 2 heterocycles. The number of thioether (sulfide) groups is 1. The van der Waals surface area contributed by atoms with Crippen LogP contribution in [0.5, 0.6) is 0 Å². The summed E-state index contributed by atoms with van der Waals surface area (Å²) in [5.74, 6) is 0.714. The Hall–Kier alpha value is -1.04. The van der Waals surface area contributed by atoms with Crippen molar-refractivity contribution in [1.82, 2.24) is 4.90 Å². The first-order chi connectivity index (χ1) is 11.6. The Balaban J connectivity index is 1.61. The summed E-state index contributed by atoms with van der Waals surface area (Å²) in [6.45, 7) is 0.347. The fourth-order valence-electron chi connectivity index (χ4n) is 4.81. The molecule has 2 unspecified atom stereocenters. The molecule has 4 rings (SSSR count). The number of benzene rings is 1. The maximum absolute atomic E-state index is 12.2. The van der Waals surface area contributed by atoms with Gasteiger partial charge in [0.2, 0.25) is 0 Å². The molecule has 1 saturated heterocycles. The third-order valence-electron chi connectivity index (χ3n) is 5.67. The number of ether oxygens (including phenoxy) is 2. The number of hydrogen-bond acceptors (Lipinski definition) is 5. The topological polar surface area (TPSA) is 38.8 Å². The molecule has 0 amide bonds. The SMILES string of the molecule is CO[C@H]1CC[C@@H](OC(=O)CN(C)C)C2C1[C@H]1S[C@@H]2c2ccccc21. The van der Waals surface area contributed by atoms with Crippen LogP contribution in [0, 0.1) is 11.8 Å². The molecule has 5 heteroatoms. The predicted octanol–water partition coefficient (Wildman–Crippen LogP) is 3.04. The number of likely N-dealkylation sites (N-methyl/N-ethyl adjacent to an activating group) is 1. The van der Waals surface area contributed by atoms with Crippen LogP contribution in [0.3, 0.4) is 0 Å². The molecule has 3 aliphatic rings. The minimum atomic E-state index is -0.110. The van der Waals surface area contributed by atoms with Crippen LogP contribution in [-0.2, 0) is 14.3 Å². The van der Waals surface area contributed by atoms with Gasteiger partial charge in [0.15, 0.2) is 0 Å². The Bertz CT molecular complexity index is 635. The van der Waals surface area contributed by atoms with E-state index in [2.05, 4.69) is 24.3 Å². The van der Waals surface area contributed by atoms with Crippen LogP contribution < -0.4 is 0 Å². The van der Waals surface area contributed by atoms with Gasteiger partial charge in [-0.3, -0.25) is 9.69 Å². The second kappa shape index (κ2) is 6.36. The molecule has 2 fully saturated rings. The van der Waals surface area contributed by atoms with Crippen LogP contribution >= 0.6 is 11.8 Å². The minimum Gasteiger partial charge on any atom is -0.461 e. The lowest BCUT2D eigenvalue weighted by Gasteiger charge is -2.44. The Morgan fingerprint density at radius 2 is 1.71 bits per heavy atom. The van der Waals surface area contributed by atoms with Gasteiger partial charge in [0.1, 0.15) is 6.10 Å². The van der Waals surface area contributed by atoms with Crippen molar-refractivity contribution in [3.63, 3.8) is 0 Å². The monoisotopic (exact) mass is 347 g/mol. The van der Waals surface area contributed by atoms with Crippen LogP contribution in [0.25, 0.3) is 0 Å². The molecule has 2 aliphatic heterocycles. The van der Waals surface area contributed by atoms with Gasteiger partial charge in [-0.25, -0.2) is 0 Å². The maximum atomic E-state index is 12.2. The number of nitrogens with zero attached hydrogens (tertiary/aromatic N) is 1. The lowest BCUT2D eigenvalue weighted by atomic mass is 9.66. The molecule has 0 N–H and O–H groups in total. The number of esters is 1. The quantitative estimate of drug-likeness (QED) is 0.783. The highest BCUT2D eigenvalue weighted by Gasteiger charge is 2.59. The van der Waals surface area contributed by atoms with Gasteiger partial charge in [0.25, 0.3) is 0 Å². The summed E-state index contributed by atoms with van der Waals surface area (Å²) in [4.78, 5) is 14.1. The lowest BCUT2D eigenvalue weighted by molar-refractivity contribution is -0.160. The van der Waals surface area contributed by atoms with Gasteiger partial charge in [-0.1, -0.05) is 24.3 Å². The van der Waals surface area contributed by atoms with E-state index in [0.717, 1.165) is 12.8 Å². The number of carbonyl (C=O) groups is 1. The summed E-state index contributed by atoms with van der Waals surface area (Å²) in [5, 5.41) is 0.919. The second-order valence-electron chi connectivity index (χ2n) is 7.38. The highest BCUT2D eigenvalue weighted by Crippen LogP contribution is 2.69. The first-order valence-corrected chi connectivity index (χ1v) is 9.65. The van der Waals surface area contributed by atoms with Crippen LogP contribution in [0.15, 0.2) is 24.3 Å². The summed E-state index contributed by atoms with van der Waals surface area (Å²) in [6, 6.07) is 8.77. The average molecular weight is 347 g/mol. The zero-order valence-corrected chi connectivity index (χ0v) is 15.3. The van der Waals surface area contributed by atoms with Gasteiger partial charge >= 0.3 is 5.97 Å². The van der Waals surface area contributed by atoms with Gasteiger partial charge in [0.05, 0.1) is 12.6 Å². The summed E-state index contributed by atoms with van der Waals surface area (Å²) in [7, 11) is 5.62. The van der Waals surface area contributed by atoms with Crippen LogP contribution in [0.2, 0.25) is 0 Å². The Kier molecular flexibility index (Phi) is 4.35. The number of rotatable bonds is 4. The van der Waals surface area contributed by atoms with E-state index < -0.39 is 0 Å². The van der Waals surface area contributed by atoms with Gasteiger partial charge in [0, 0.05) is 29.4 Å². The van der Waals surface area contributed by atoms with Gasteiger partial charge in [-0.15, -0.1) is 11.8 Å². The molecule has 24 heavy (non-hydrogen) atoms. The molecule has 0 spiro atoms. The summed E-state index contributed by atoms with van der Waals surface area (Å²) >= 11 is 2.05. The first-order valence-electron chi connectivity index (χ1n) is 8.71. The molecule has 0 aromatic heterocycles. The van der Waals surface area contributed by atoms with Crippen molar-refractivity contribution in [1.29, 1.82) is 0 Å². The molecule has 130 valence electrons. The van der Waals surface area contributed by atoms with Gasteiger partial charge in [-0.05, 0) is 38.1 Å². The molecule has 2 bridgehead atoms. The molecule has 4 nitrogen and oxygen atoms in total. The standard InChI is InChI=1S/C19H25NO3S/c1-20(2)10-15(21)23-14-9-8-13(22-3)16-17(14)19-12-7-5-4-6-11(12)18(16)24-19/h4-7,13-14,16-19H,8-10H2,1-3H3/t13-,14+,16?,17?,18-,19+/m0/s1. The molecule has 1 saturated carbocycles. The molecule has 1 aromatic carbocycles. The van der Waals surface area contributed by atoms with Gasteiger partial charge in [-0.2, -0.15) is 0 Å². The molecule has 1 aromatic rings. The van der Waals surface area contributed by atoms with E-state index in [-0.39, 0.29) is 18.2 Å². The molecule has 6 atom stereocenters. The molecule has 1 aliphatic carbocycles. The molecule has 0 radical (unpaired) electrons. The van der Waals surface area contributed by atoms with Crippen molar-refractivity contribution < 1.29 is 14.3 Å². The van der Waals surface area contributed by atoms with Crippen molar-refractivity contribution in [3.8, 4) is 0 Å². The largest absolute Gasteiger partial charge is 0.461 e. The predicted molar refractivity (Wildman–Crippen MR) is 95.0 cm³/mol. The first kappa shape index (κ1) is 16.4. The zero-order chi connectivity index (χ0) is 16.8. The van der Waals surface area contributed by atoms with E-state index in [4.69, 9.17) is 9.47 Å². The van der Waals surface area contributed by atoms with E-state index >= 15 is 0 Å². The van der Waals surface area contributed by atoms with Crippen molar-refractivity contribution in [2.75, 3.05) is 27.7 Å². The van der Waals surface area contributed by atoms with Crippen molar-refractivity contribution in [2.45, 2.75) is 35.5 Å². The summed E-state index contributed by atoms with van der Waals surface area (Å²) < 4.78 is 11.8. The summed E-state index contributed by atoms with van der Waals surface area (Å²) in [5.41, 5.74) is 2.91. The second-order valence-corrected chi connectivity index (χ2v) is 8.67. The Morgan fingerprint density at radius 3 is 2.29 bits per heavy atom. The smallest absolute Gasteiger partial charge is 0.320 e. The zero-order valence-electron chi connectivity index (χ0n) is 14.5. The van der Waals surface area contributed by atoms with Crippen molar-refractivity contribution in [2.24, 2.45) is 11.8 Å². The van der Waals surface area contributed by atoms with Crippen LogP contribution in [-0.4, -0.2) is 50.8 Å². The number of fused-ring (bicyclic) bond motifs is 8. The Morgan fingerprint density at radius 1 is 1.12 bits per heavy atom. The van der Waals surface area contributed by atoms with E-state index in [1.54, 1.807) is 0 Å². The highest BCUT2D eigenvalue weighted by atomic mass is 32.2. The number of carbonyl (C=O) groups excluding carboxylic acids is 1. The van der Waals surface area contributed by atoms with E-state index in [9.17, 15) is 4.79 Å². The fourth-order valence-corrected chi connectivity index (χ4v) is 6.92. The molecular formula is C19H25NO3S. The van der Waals surface area contributed by atoms with Gasteiger partial charge < -0.3 is 9.47 Å². The van der Waals surface area contributed by atoms with Crippen LogP contribution in [0.1, 0.15) is 34.5 Å². The van der Waals surface area contributed by atoms with Crippen LogP contribution in [0.4, 0.5) is 0 Å². The third-order valence-corrected chi connectivity index (χ3v) is 7.39.